The molecule has 0 aliphatic heterocycles. The number of rotatable bonds is 2. The summed E-state index contributed by atoms with van der Waals surface area (Å²) in [7, 11) is 0. The summed E-state index contributed by atoms with van der Waals surface area (Å²) in [5, 5.41) is 16.6. The maximum absolute atomic E-state index is 9.86. The molecule has 0 aromatic rings. The molecular formula is C4H9NNiO3. The number of aliphatic hydroxyl groups excluding tert-OH is 1. The Balaban J connectivity index is 0. The van der Waals surface area contributed by atoms with Gasteiger partial charge in [-0.25, -0.2) is 0 Å². The Labute approximate surface area is 63.0 Å². The van der Waals surface area contributed by atoms with Crippen LogP contribution in [0.5, 0.6) is 0 Å². The first-order valence-electron chi connectivity index (χ1n) is 2.22. The molecule has 0 rings (SSSR count). The van der Waals surface area contributed by atoms with Gasteiger partial charge in [0.25, 0.3) is 0 Å². The van der Waals surface area contributed by atoms with Crippen LogP contribution in [0.4, 0.5) is 0 Å². The van der Waals surface area contributed by atoms with Gasteiger partial charge in [0.15, 0.2) is 0 Å². The van der Waals surface area contributed by atoms with Crippen LogP contribution < -0.4 is 5.73 Å². The first-order chi connectivity index (χ1) is 3.55. The van der Waals surface area contributed by atoms with Crippen molar-refractivity contribution in [2.75, 3.05) is 0 Å². The fourth-order valence-corrected chi connectivity index (χ4v) is 0.206. The molecule has 0 aromatic carbocycles. The van der Waals surface area contributed by atoms with E-state index in [4.69, 9.17) is 15.9 Å². The van der Waals surface area contributed by atoms with Gasteiger partial charge in [-0.1, -0.05) is 0 Å². The number of nitrogens with two attached hydrogens (primary N) is 1. The number of aliphatic hydroxyl groups is 1. The standard InChI is InChI=1S/C4H9NO3.Ni/c1-2(6)3(5)4(7)8;/h2-3,6H,5H2,1H3,(H,7,8);/t2-,3+;/m1./s1. The largest absolute Gasteiger partial charge is 0.480 e. The van der Waals surface area contributed by atoms with E-state index < -0.39 is 18.1 Å². The molecule has 0 bridgehead atoms. The number of aliphatic carboxylic acids is 1. The van der Waals surface area contributed by atoms with Crippen molar-refractivity contribution in [1.82, 2.24) is 0 Å². The minimum Gasteiger partial charge on any atom is -0.480 e. The summed E-state index contributed by atoms with van der Waals surface area (Å²) in [5.41, 5.74) is 4.91. The van der Waals surface area contributed by atoms with Gasteiger partial charge in [-0.3, -0.25) is 4.79 Å². The second-order valence-electron chi connectivity index (χ2n) is 1.60. The molecule has 0 aromatic heterocycles. The van der Waals surface area contributed by atoms with Crippen LogP contribution in [0, 0.1) is 0 Å². The van der Waals surface area contributed by atoms with E-state index in [1.165, 1.54) is 6.92 Å². The second kappa shape index (κ2) is 4.73. The fourth-order valence-electron chi connectivity index (χ4n) is 0.206. The zero-order valence-electron chi connectivity index (χ0n) is 4.85. The zero-order valence-corrected chi connectivity index (χ0v) is 5.84. The van der Waals surface area contributed by atoms with Crippen LogP contribution in [-0.2, 0) is 21.3 Å². The predicted molar refractivity (Wildman–Crippen MR) is 27.3 cm³/mol. The van der Waals surface area contributed by atoms with E-state index in [0.29, 0.717) is 0 Å². The predicted octanol–water partition coefficient (Wildman–Crippen LogP) is -1.22. The molecule has 0 spiro atoms. The molecule has 4 N–H and O–H groups in total. The Kier molecular flexibility index (Phi) is 6.13. The van der Waals surface area contributed by atoms with Gasteiger partial charge >= 0.3 is 5.97 Å². The number of carboxylic acid groups (broad SMARTS) is 1. The van der Waals surface area contributed by atoms with E-state index in [-0.39, 0.29) is 16.5 Å². The van der Waals surface area contributed by atoms with Crippen LogP contribution in [0.3, 0.4) is 0 Å². The Morgan fingerprint density at radius 2 is 2.00 bits per heavy atom. The first-order valence-corrected chi connectivity index (χ1v) is 2.22. The summed E-state index contributed by atoms with van der Waals surface area (Å²) in [5.74, 6) is -1.18. The van der Waals surface area contributed by atoms with Crippen LogP contribution in [0.2, 0.25) is 0 Å². The quantitative estimate of drug-likeness (QED) is 0.462. The summed E-state index contributed by atoms with van der Waals surface area (Å²) in [4.78, 5) is 9.86. The van der Waals surface area contributed by atoms with Crippen molar-refractivity contribution in [1.29, 1.82) is 0 Å². The van der Waals surface area contributed by atoms with Gasteiger partial charge in [-0.05, 0) is 6.92 Å². The van der Waals surface area contributed by atoms with E-state index in [0.717, 1.165) is 0 Å². The van der Waals surface area contributed by atoms with E-state index in [1.54, 1.807) is 0 Å². The molecule has 0 saturated heterocycles. The van der Waals surface area contributed by atoms with Gasteiger partial charge in [0.1, 0.15) is 6.04 Å². The monoisotopic (exact) mass is 177 g/mol. The maximum atomic E-state index is 9.86. The molecular weight excluding hydrogens is 169 g/mol. The second-order valence-corrected chi connectivity index (χ2v) is 1.60. The van der Waals surface area contributed by atoms with Gasteiger partial charge in [-0.15, -0.1) is 0 Å². The van der Waals surface area contributed by atoms with Crippen molar-refractivity contribution < 1.29 is 31.5 Å². The summed E-state index contributed by atoms with van der Waals surface area (Å²) in [6.45, 7) is 1.33. The Morgan fingerprint density at radius 1 is 1.67 bits per heavy atom. The van der Waals surface area contributed by atoms with Crippen LogP contribution in [0.25, 0.3) is 0 Å². The van der Waals surface area contributed by atoms with E-state index in [2.05, 4.69) is 0 Å². The van der Waals surface area contributed by atoms with Gasteiger partial charge < -0.3 is 15.9 Å². The molecule has 0 amide bonds. The van der Waals surface area contributed by atoms with Gasteiger partial charge in [-0.2, -0.15) is 0 Å². The maximum Gasteiger partial charge on any atom is 0.323 e. The van der Waals surface area contributed by atoms with Crippen molar-refractivity contribution in [3.63, 3.8) is 0 Å². The minimum atomic E-state index is -1.18. The van der Waals surface area contributed by atoms with Crippen molar-refractivity contribution in [2.45, 2.75) is 19.1 Å². The molecule has 4 nitrogen and oxygen atoms in total. The molecule has 0 unspecified atom stereocenters. The average molecular weight is 178 g/mol. The fraction of sp³-hybridized carbons (Fsp3) is 0.750. The number of carbonyl (C=O) groups is 1. The molecule has 5 heteroatoms. The Bertz CT molecular complexity index is 95.8. The third kappa shape index (κ3) is 4.39. The van der Waals surface area contributed by atoms with E-state index in [9.17, 15) is 4.79 Å². The molecule has 0 heterocycles. The number of hydrogen-bond donors (Lipinski definition) is 3. The van der Waals surface area contributed by atoms with Crippen LogP contribution in [0.1, 0.15) is 6.92 Å². The van der Waals surface area contributed by atoms with E-state index >= 15 is 0 Å². The molecule has 0 fully saturated rings. The third-order valence-corrected chi connectivity index (χ3v) is 0.805. The van der Waals surface area contributed by atoms with Crippen molar-refractivity contribution in [3.05, 3.63) is 0 Å². The summed E-state index contributed by atoms with van der Waals surface area (Å²) in [6, 6.07) is -1.16. The van der Waals surface area contributed by atoms with Crippen molar-refractivity contribution in [2.24, 2.45) is 5.73 Å². The molecule has 9 heavy (non-hydrogen) atoms. The van der Waals surface area contributed by atoms with Crippen LogP contribution >= 0.6 is 0 Å². The molecule has 0 radical (unpaired) electrons. The topological polar surface area (TPSA) is 83.5 Å². The molecule has 2 atom stereocenters. The van der Waals surface area contributed by atoms with Crippen LogP contribution in [0.15, 0.2) is 0 Å². The van der Waals surface area contributed by atoms with Crippen LogP contribution in [-0.4, -0.2) is 28.3 Å². The summed E-state index contributed by atoms with van der Waals surface area (Å²) in [6.07, 6.45) is -0.979. The zero-order chi connectivity index (χ0) is 6.73. The molecule has 0 saturated carbocycles. The smallest absolute Gasteiger partial charge is 0.323 e. The summed E-state index contributed by atoms with van der Waals surface area (Å²) >= 11 is 0. The molecule has 0 aliphatic carbocycles. The Morgan fingerprint density at radius 3 is 2.00 bits per heavy atom. The third-order valence-electron chi connectivity index (χ3n) is 0.805. The summed E-state index contributed by atoms with van der Waals surface area (Å²) < 4.78 is 0. The van der Waals surface area contributed by atoms with Crippen molar-refractivity contribution in [3.8, 4) is 0 Å². The van der Waals surface area contributed by atoms with E-state index in [1.807, 2.05) is 0 Å². The van der Waals surface area contributed by atoms with Gasteiger partial charge in [0.2, 0.25) is 0 Å². The number of hydrogen-bond acceptors (Lipinski definition) is 3. The first kappa shape index (κ1) is 11.7. The minimum absolute atomic E-state index is 0. The normalized spacial score (nSPS) is 15.4. The SMILES string of the molecule is C[C@@H](O)[C@H](N)C(=O)O.[Ni]. The van der Waals surface area contributed by atoms with Gasteiger partial charge in [0.05, 0.1) is 6.10 Å². The average Bonchev–Trinajstić information content (AvgIpc) is 1.64. The molecule has 58 valence electrons. The molecule has 0 aliphatic rings. The number of carboxylic acids is 1. The van der Waals surface area contributed by atoms with Gasteiger partial charge in [0, 0.05) is 16.5 Å². The van der Waals surface area contributed by atoms with Crippen molar-refractivity contribution >= 4 is 5.97 Å². The Hall–Kier alpha value is -0.116.